The summed E-state index contributed by atoms with van der Waals surface area (Å²) in [7, 11) is 0. The average molecular weight is 350 g/mol. The molecule has 0 saturated carbocycles. The smallest absolute Gasteiger partial charge is 0.224 e. The van der Waals surface area contributed by atoms with Crippen molar-refractivity contribution in [1.82, 2.24) is 10.3 Å². The van der Waals surface area contributed by atoms with E-state index >= 15 is 0 Å². The summed E-state index contributed by atoms with van der Waals surface area (Å²) < 4.78 is 18.5. The normalized spacial score (nSPS) is 10.4. The van der Waals surface area contributed by atoms with Crippen molar-refractivity contribution in [2.24, 2.45) is 0 Å². The van der Waals surface area contributed by atoms with Crippen LogP contribution in [0.15, 0.2) is 66.9 Å². The highest BCUT2D eigenvalue weighted by Gasteiger charge is 2.06. The molecule has 0 radical (unpaired) electrons. The van der Waals surface area contributed by atoms with Gasteiger partial charge in [-0.05, 0) is 53.9 Å². The molecule has 0 aliphatic carbocycles. The van der Waals surface area contributed by atoms with E-state index in [0.29, 0.717) is 24.6 Å². The molecule has 1 amide bonds. The molecule has 0 bridgehead atoms. The zero-order valence-electron chi connectivity index (χ0n) is 14.4. The number of hydrogen-bond acceptors (Lipinski definition) is 3. The minimum Gasteiger partial charge on any atom is -0.439 e. The number of nitrogens with one attached hydrogen (secondary N) is 1. The van der Waals surface area contributed by atoms with Crippen molar-refractivity contribution in [3.8, 4) is 11.6 Å². The van der Waals surface area contributed by atoms with Crippen molar-refractivity contribution in [1.29, 1.82) is 0 Å². The summed E-state index contributed by atoms with van der Waals surface area (Å²) in [6, 6.07) is 17.1. The average Bonchev–Trinajstić information content (AvgIpc) is 2.64. The Bertz CT molecular complexity index is 895. The molecule has 2 aromatic carbocycles. The Morgan fingerprint density at radius 3 is 2.65 bits per heavy atom. The first kappa shape index (κ1) is 17.6. The molecule has 5 heteroatoms. The highest BCUT2D eigenvalue weighted by molar-refractivity contribution is 5.78. The molecule has 1 N–H and O–H groups in total. The van der Waals surface area contributed by atoms with Gasteiger partial charge in [0.2, 0.25) is 11.8 Å². The van der Waals surface area contributed by atoms with Crippen LogP contribution < -0.4 is 10.1 Å². The molecule has 0 spiro atoms. The van der Waals surface area contributed by atoms with E-state index < -0.39 is 0 Å². The first-order chi connectivity index (χ1) is 12.6. The number of carbonyl (C=O) groups is 1. The van der Waals surface area contributed by atoms with Crippen LogP contribution in [0.2, 0.25) is 0 Å². The van der Waals surface area contributed by atoms with Crippen molar-refractivity contribution >= 4 is 5.91 Å². The number of ether oxygens (including phenoxy) is 1. The molecule has 3 aromatic rings. The Morgan fingerprint density at radius 1 is 1.12 bits per heavy atom. The number of halogens is 1. The summed E-state index contributed by atoms with van der Waals surface area (Å²) >= 11 is 0. The third-order valence-corrected chi connectivity index (χ3v) is 3.94. The number of aromatic nitrogens is 1. The number of amides is 1. The molecule has 0 aliphatic heterocycles. The highest BCUT2D eigenvalue weighted by atomic mass is 19.1. The molecular weight excluding hydrogens is 331 g/mol. The second kappa shape index (κ2) is 8.25. The van der Waals surface area contributed by atoms with Crippen molar-refractivity contribution in [2.45, 2.75) is 19.9 Å². The van der Waals surface area contributed by atoms with Crippen molar-refractivity contribution in [3.63, 3.8) is 0 Å². The van der Waals surface area contributed by atoms with Gasteiger partial charge in [-0.1, -0.05) is 24.3 Å². The second-order valence-corrected chi connectivity index (χ2v) is 5.94. The number of nitrogens with zero attached hydrogens (tertiary/aromatic N) is 1. The molecule has 0 atom stereocenters. The van der Waals surface area contributed by atoms with Gasteiger partial charge in [0.15, 0.2) is 0 Å². The van der Waals surface area contributed by atoms with Gasteiger partial charge in [0.05, 0.1) is 6.42 Å². The van der Waals surface area contributed by atoms with Gasteiger partial charge >= 0.3 is 0 Å². The van der Waals surface area contributed by atoms with E-state index in [2.05, 4.69) is 10.3 Å². The summed E-state index contributed by atoms with van der Waals surface area (Å²) in [5, 5.41) is 2.90. The Labute approximate surface area is 151 Å². The minimum atomic E-state index is -0.324. The Morgan fingerprint density at radius 2 is 1.88 bits per heavy atom. The van der Waals surface area contributed by atoms with E-state index in [1.54, 1.807) is 12.3 Å². The van der Waals surface area contributed by atoms with Gasteiger partial charge in [-0.25, -0.2) is 9.37 Å². The van der Waals surface area contributed by atoms with Crippen LogP contribution in [0.4, 0.5) is 4.39 Å². The Kier molecular flexibility index (Phi) is 5.59. The number of hydrogen-bond donors (Lipinski definition) is 1. The van der Waals surface area contributed by atoms with Gasteiger partial charge in [-0.3, -0.25) is 4.79 Å². The summed E-state index contributed by atoms with van der Waals surface area (Å²) in [6.07, 6.45) is 1.96. The molecule has 0 aliphatic rings. The molecule has 4 nitrogen and oxygen atoms in total. The van der Waals surface area contributed by atoms with Gasteiger partial charge in [-0.15, -0.1) is 0 Å². The summed E-state index contributed by atoms with van der Waals surface area (Å²) in [4.78, 5) is 16.3. The van der Waals surface area contributed by atoms with E-state index in [1.807, 2.05) is 37.3 Å². The van der Waals surface area contributed by atoms with Gasteiger partial charge < -0.3 is 10.1 Å². The first-order valence-electron chi connectivity index (χ1n) is 8.30. The Hall–Kier alpha value is -3.21. The molecule has 0 saturated heterocycles. The predicted molar refractivity (Wildman–Crippen MR) is 97.4 cm³/mol. The molecule has 0 unspecified atom stereocenters. The number of rotatable bonds is 6. The lowest BCUT2D eigenvalue weighted by Crippen LogP contribution is -2.24. The van der Waals surface area contributed by atoms with Crippen molar-refractivity contribution in [3.05, 3.63) is 89.4 Å². The zero-order valence-corrected chi connectivity index (χ0v) is 14.4. The SMILES string of the molecule is Cc1ccccc1CC(=O)NCc1ccnc(Oc2ccc(F)cc2)c1. The lowest BCUT2D eigenvalue weighted by atomic mass is 10.1. The fraction of sp³-hybridized carbons (Fsp3) is 0.143. The number of pyridine rings is 1. The third kappa shape index (κ3) is 4.89. The lowest BCUT2D eigenvalue weighted by molar-refractivity contribution is -0.120. The van der Waals surface area contributed by atoms with Crippen molar-refractivity contribution in [2.75, 3.05) is 0 Å². The summed E-state index contributed by atoms with van der Waals surface area (Å²) in [5.74, 6) is 0.523. The van der Waals surface area contributed by atoms with Crippen LogP contribution in [0.5, 0.6) is 11.6 Å². The van der Waals surface area contributed by atoms with Crippen LogP contribution >= 0.6 is 0 Å². The predicted octanol–water partition coefficient (Wildman–Crippen LogP) is 4.18. The van der Waals surface area contributed by atoms with Crippen molar-refractivity contribution < 1.29 is 13.9 Å². The number of benzene rings is 2. The largest absolute Gasteiger partial charge is 0.439 e. The van der Waals surface area contributed by atoms with Crippen LogP contribution in [-0.2, 0) is 17.8 Å². The summed E-state index contributed by atoms with van der Waals surface area (Å²) in [6.45, 7) is 2.37. The third-order valence-electron chi connectivity index (χ3n) is 3.94. The maximum Gasteiger partial charge on any atom is 0.224 e. The standard InChI is InChI=1S/C21H19FN2O2/c1-15-4-2-3-5-17(15)13-20(25)24-14-16-10-11-23-21(12-16)26-19-8-6-18(22)7-9-19/h2-12H,13-14H2,1H3,(H,24,25). The maximum absolute atomic E-state index is 12.9. The molecule has 1 aromatic heterocycles. The van der Waals surface area contributed by atoms with E-state index in [-0.39, 0.29) is 11.7 Å². The van der Waals surface area contributed by atoms with Crippen LogP contribution in [-0.4, -0.2) is 10.9 Å². The summed E-state index contributed by atoms with van der Waals surface area (Å²) in [5.41, 5.74) is 2.98. The lowest BCUT2D eigenvalue weighted by Gasteiger charge is -2.09. The first-order valence-corrected chi connectivity index (χ1v) is 8.30. The number of carbonyl (C=O) groups excluding carboxylic acids is 1. The molecule has 3 rings (SSSR count). The van der Waals surface area contributed by atoms with Crippen LogP contribution in [0.1, 0.15) is 16.7 Å². The topological polar surface area (TPSA) is 51.2 Å². The van der Waals surface area contributed by atoms with Crippen LogP contribution in [0.25, 0.3) is 0 Å². The number of aryl methyl sites for hydroxylation is 1. The van der Waals surface area contributed by atoms with Gasteiger partial charge in [0.1, 0.15) is 11.6 Å². The van der Waals surface area contributed by atoms with Gasteiger partial charge in [0.25, 0.3) is 0 Å². The van der Waals surface area contributed by atoms with E-state index in [1.165, 1.54) is 24.3 Å². The molecule has 26 heavy (non-hydrogen) atoms. The molecular formula is C21H19FN2O2. The van der Waals surface area contributed by atoms with Gasteiger partial charge in [-0.2, -0.15) is 0 Å². The quantitative estimate of drug-likeness (QED) is 0.725. The Balaban J connectivity index is 1.57. The monoisotopic (exact) mass is 350 g/mol. The minimum absolute atomic E-state index is 0.0443. The van der Waals surface area contributed by atoms with E-state index in [4.69, 9.17) is 4.74 Å². The van der Waals surface area contributed by atoms with Crippen LogP contribution in [0.3, 0.4) is 0 Å². The fourth-order valence-electron chi connectivity index (χ4n) is 2.48. The molecule has 0 fully saturated rings. The second-order valence-electron chi connectivity index (χ2n) is 5.94. The van der Waals surface area contributed by atoms with Gasteiger partial charge in [0, 0.05) is 18.8 Å². The maximum atomic E-state index is 12.9. The van der Waals surface area contributed by atoms with E-state index in [9.17, 15) is 9.18 Å². The van der Waals surface area contributed by atoms with Crippen LogP contribution in [0, 0.1) is 12.7 Å². The van der Waals surface area contributed by atoms with E-state index in [0.717, 1.165) is 16.7 Å². The fourth-order valence-corrected chi connectivity index (χ4v) is 2.48. The molecule has 132 valence electrons. The molecule has 1 heterocycles. The zero-order chi connectivity index (χ0) is 18.4. The highest BCUT2D eigenvalue weighted by Crippen LogP contribution is 2.20.